The van der Waals surface area contributed by atoms with Crippen LogP contribution in [-0.4, -0.2) is 20.0 Å². The minimum Gasteiger partial charge on any atom is -0.493 e. The van der Waals surface area contributed by atoms with Gasteiger partial charge in [-0.2, -0.15) is 0 Å². The SMILES string of the molecule is COc1ccc(C(=O)C2CCCC(C)C2)cc1OC. The van der Waals surface area contributed by atoms with Crippen molar-refractivity contribution in [2.45, 2.75) is 32.6 Å². The van der Waals surface area contributed by atoms with E-state index in [9.17, 15) is 4.79 Å². The first kappa shape index (κ1) is 13.9. The molecule has 0 aliphatic heterocycles. The standard InChI is InChI=1S/C16H22O3/c1-11-5-4-6-12(9-11)16(17)13-7-8-14(18-2)15(10-13)19-3/h7-8,10-12H,4-6,9H2,1-3H3. The normalized spacial score (nSPS) is 22.9. The molecular formula is C16H22O3. The summed E-state index contributed by atoms with van der Waals surface area (Å²) in [5, 5.41) is 0. The minimum absolute atomic E-state index is 0.168. The largest absolute Gasteiger partial charge is 0.493 e. The van der Waals surface area contributed by atoms with Gasteiger partial charge in [-0.3, -0.25) is 4.79 Å². The first-order chi connectivity index (χ1) is 9.15. The van der Waals surface area contributed by atoms with Gasteiger partial charge < -0.3 is 9.47 Å². The maximum Gasteiger partial charge on any atom is 0.166 e. The summed E-state index contributed by atoms with van der Waals surface area (Å²) < 4.78 is 10.5. The lowest BCUT2D eigenvalue weighted by atomic mass is 9.79. The molecule has 0 aromatic heterocycles. The lowest BCUT2D eigenvalue weighted by Crippen LogP contribution is -2.21. The quantitative estimate of drug-likeness (QED) is 0.776. The van der Waals surface area contributed by atoms with E-state index >= 15 is 0 Å². The highest BCUT2D eigenvalue weighted by molar-refractivity contribution is 5.98. The molecule has 1 aromatic carbocycles. The molecule has 0 heterocycles. The number of carbonyl (C=O) groups excluding carboxylic acids is 1. The molecular weight excluding hydrogens is 240 g/mol. The predicted molar refractivity (Wildman–Crippen MR) is 75.0 cm³/mol. The fourth-order valence-electron chi connectivity index (χ4n) is 2.90. The number of rotatable bonds is 4. The van der Waals surface area contributed by atoms with Crippen LogP contribution < -0.4 is 9.47 Å². The highest BCUT2D eigenvalue weighted by Crippen LogP contribution is 2.33. The Morgan fingerprint density at radius 2 is 1.89 bits per heavy atom. The van der Waals surface area contributed by atoms with E-state index in [1.165, 1.54) is 6.42 Å². The van der Waals surface area contributed by atoms with Gasteiger partial charge in [0.25, 0.3) is 0 Å². The van der Waals surface area contributed by atoms with Crippen LogP contribution in [0.5, 0.6) is 11.5 Å². The molecule has 1 aromatic rings. The van der Waals surface area contributed by atoms with Crippen LogP contribution >= 0.6 is 0 Å². The van der Waals surface area contributed by atoms with Crippen LogP contribution in [0, 0.1) is 11.8 Å². The number of hydrogen-bond acceptors (Lipinski definition) is 3. The monoisotopic (exact) mass is 262 g/mol. The molecule has 1 fully saturated rings. The summed E-state index contributed by atoms with van der Waals surface area (Å²) in [5.74, 6) is 2.35. The van der Waals surface area contributed by atoms with Gasteiger partial charge in [0.15, 0.2) is 17.3 Å². The Labute approximate surface area is 114 Å². The maximum absolute atomic E-state index is 12.5. The van der Waals surface area contributed by atoms with Gasteiger partial charge in [-0.1, -0.05) is 19.8 Å². The summed E-state index contributed by atoms with van der Waals surface area (Å²) in [7, 11) is 3.19. The summed E-state index contributed by atoms with van der Waals surface area (Å²) in [6.07, 6.45) is 4.42. The zero-order valence-corrected chi connectivity index (χ0v) is 11.9. The van der Waals surface area contributed by atoms with Crippen molar-refractivity contribution < 1.29 is 14.3 Å². The van der Waals surface area contributed by atoms with Crippen molar-refractivity contribution >= 4 is 5.78 Å². The van der Waals surface area contributed by atoms with Crippen LogP contribution in [0.25, 0.3) is 0 Å². The Hall–Kier alpha value is -1.51. The molecule has 0 saturated heterocycles. The first-order valence-corrected chi connectivity index (χ1v) is 6.92. The van der Waals surface area contributed by atoms with Gasteiger partial charge in [-0.15, -0.1) is 0 Å². The number of benzene rings is 1. The molecule has 1 aliphatic rings. The Kier molecular flexibility index (Phi) is 4.46. The molecule has 0 bridgehead atoms. The molecule has 0 amide bonds. The van der Waals surface area contributed by atoms with Gasteiger partial charge in [0, 0.05) is 11.5 Å². The average molecular weight is 262 g/mol. The molecule has 2 rings (SSSR count). The first-order valence-electron chi connectivity index (χ1n) is 6.92. The van der Waals surface area contributed by atoms with Crippen molar-refractivity contribution in [2.75, 3.05) is 14.2 Å². The topological polar surface area (TPSA) is 35.5 Å². The van der Waals surface area contributed by atoms with Crippen LogP contribution in [0.3, 0.4) is 0 Å². The Bertz CT molecular complexity index is 453. The molecule has 0 spiro atoms. The molecule has 2 unspecified atom stereocenters. The number of ether oxygens (including phenoxy) is 2. The summed E-state index contributed by atoms with van der Waals surface area (Å²) >= 11 is 0. The number of ketones is 1. The zero-order valence-electron chi connectivity index (χ0n) is 11.9. The van der Waals surface area contributed by atoms with Gasteiger partial charge >= 0.3 is 0 Å². The average Bonchev–Trinajstić information content (AvgIpc) is 2.45. The second-order valence-corrected chi connectivity index (χ2v) is 5.40. The van der Waals surface area contributed by atoms with E-state index in [0.29, 0.717) is 17.4 Å². The van der Waals surface area contributed by atoms with Gasteiger partial charge in [0.2, 0.25) is 0 Å². The molecule has 2 atom stereocenters. The minimum atomic E-state index is 0.168. The molecule has 1 saturated carbocycles. The van der Waals surface area contributed by atoms with Crippen LogP contribution in [0.2, 0.25) is 0 Å². The third kappa shape index (κ3) is 3.09. The second kappa shape index (κ2) is 6.09. The number of methoxy groups -OCH3 is 2. The molecule has 3 nitrogen and oxygen atoms in total. The fraction of sp³-hybridized carbons (Fsp3) is 0.562. The van der Waals surface area contributed by atoms with E-state index in [-0.39, 0.29) is 11.7 Å². The van der Waals surface area contributed by atoms with Crippen LogP contribution in [0.4, 0.5) is 0 Å². The molecule has 104 valence electrons. The Balaban J connectivity index is 2.19. The van der Waals surface area contributed by atoms with E-state index in [2.05, 4.69) is 6.92 Å². The zero-order chi connectivity index (χ0) is 13.8. The van der Waals surface area contributed by atoms with Crippen molar-refractivity contribution in [3.63, 3.8) is 0 Å². The van der Waals surface area contributed by atoms with E-state index in [4.69, 9.17) is 9.47 Å². The highest BCUT2D eigenvalue weighted by Gasteiger charge is 2.26. The van der Waals surface area contributed by atoms with Crippen LogP contribution in [0.1, 0.15) is 43.0 Å². The van der Waals surface area contributed by atoms with Crippen molar-refractivity contribution in [1.82, 2.24) is 0 Å². The molecule has 0 radical (unpaired) electrons. The maximum atomic E-state index is 12.5. The number of Topliss-reactive ketones (excluding diaryl/α,β-unsaturated/α-hetero) is 1. The highest BCUT2D eigenvalue weighted by atomic mass is 16.5. The van der Waals surface area contributed by atoms with Gasteiger partial charge in [-0.05, 0) is 37.0 Å². The van der Waals surface area contributed by atoms with Crippen molar-refractivity contribution in [2.24, 2.45) is 11.8 Å². The van der Waals surface area contributed by atoms with Crippen LogP contribution in [-0.2, 0) is 0 Å². The third-order valence-electron chi connectivity index (χ3n) is 3.98. The van der Waals surface area contributed by atoms with Crippen molar-refractivity contribution in [3.05, 3.63) is 23.8 Å². The van der Waals surface area contributed by atoms with E-state index < -0.39 is 0 Å². The number of hydrogen-bond donors (Lipinski definition) is 0. The molecule has 1 aliphatic carbocycles. The Morgan fingerprint density at radius 1 is 1.16 bits per heavy atom. The van der Waals surface area contributed by atoms with Crippen LogP contribution in [0.15, 0.2) is 18.2 Å². The smallest absolute Gasteiger partial charge is 0.166 e. The Morgan fingerprint density at radius 3 is 2.53 bits per heavy atom. The predicted octanol–water partition coefficient (Wildman–Crippen LogP) is 3.71. The molecule has 19 heavy (non-hydrogen) atoms. The fourth-order valence-corrected chi connectivity index (χ4v) is 2.90. The summed E-state index contributed by atoms with van der Waals surface area (Å²) in [5.41, 5.74) is 0.733. The molecule has 0 N–H and O–H groups in total. The second-order valence-electron chi connectivity index (χ2n) is 5.40. The van der Waals surface area contributed by atoms with E-state index in [1.807, 2.05) is 6.07 Å². The third-order valence-corrected chi connectivity index (χ3v) is 3.98. The summed E-state index contributed by atoms with van der Waals surface area (Å²) in [4.78, 5) is 12.5. The van der Waals surface area contributed by atoms with E-state index in [1.54, 1.807) is 26.4 Å². The summed E-state index contributed by atoms with van der Waals surface area (Å²) in [6, 6.07) is 5.43. The van der Waals surface area contributed by atoms with Gasteiger partial charge in [0.1, 0.15) is 0 Å². The van der Waals surface area contributed by atoms with Gasteiger partial charge in [0.05, 0.1) is 14.2 Å². The lowest BCUT2D eigenvalue weighted by Gasteiger charge is -2.25. The van der Waals surface area contributed by atoms with Gasteiger partial charge in [-0.25, -0.2) is 0 Å². The number of carbonyl (C=O) groups is 1. The van der Waals surface area contributed by atoms with E-state index in [0.717, 1.165) is 24.8 Å². The van der Waals surface area contributed by atoms with Crippen molar-refractivity contribution in [1.29, 1.82) is 0 Å². The lowest BCUT2D eigenvalue weighted by molar-refractivity contribution is 0.0868. The molecule has 3 heteroatoms. The summed E-state index contributed by atoms with van der Waals surface area (Å²) in [6.45, 7) is 2.23. The van der Waals surface area contributed by atoms with Crippen molar-refractivity contribution in [3.8, 4) is 11.5 Å².